The molecule has 1 saturated heterocycles. The Morgan fingerprint density at radius 3 is 2.40 bits per heavy atom. The lowest BCUT2D eigenvalue weighted by Gasteiger charge is -2.36. The fourth-order valence-electron chi connectivity index (χ4n) is 2.28. The van der Waals surface area contributed by atoms with E-state index in [1.165, 1.54) is 0 Å². The number of anilines is 2. The summed E-state index contributed by atoms with van der Waals surface area (Å²) >= 11 is 0. The number of nitrogens with two attached hydrogens (primary N) is 1. The molecule has 0 unspecified atom stereocenters. The van der Waals surface area contributed by atoms with Crippen molar-refractivity contribution < 1.29 is 17.9 Å². The summed E-state index contributed by atoms with van der Waals surface area (Å²) in [5, 5.41) is 0. The Morgan fingerprint density at radius 2 is 1.90 bits per heavy atom. The fraction of sp³-hybridized carbons (Fsp3) is 0.583. The zero-order valence-corrected chi connectivity index (χ0v) is 11.2. The highest BCUT2D eigenvalue weighted by atomic mass is 19.4. The lowest BCUT2D eigenvalue weighted by atomic mass is 10.2. The molecule has 2 rings (SSSR count). The van der Waals surface area contributed by atoms with Crippen LogP contribution in [0.3, 0.4) is 0 Å². The van der Waals surface area contributed by atoms with E-state index in [0.29, 0.717) is 13.1 Å². The van der Waals surface area contributed by atoms with E-state index in [0.717, 1.165) is 12.1 Å². The maximum absolute atomic E-state index is 12.9. The van der Waals surface area contributed by atoms with Gasteiger partial charge in [0.2, 0.25) is 0 Å². The molecule has 8 heteroatoms. The van der Waals surface area contributed by atoms with Crippen molar-refractivity contribution >= 4 is 11.6 Å². The number of hydrogen-bond donors (Lipinski definition) is 2. The second-order valence-electron chi connectivity index (χ2n) is 4.90. The van der Waals surface area contributed by atoms with E-state index in [1.54, 1.807) is 4.90 Å². The average molecular weight is 290 g/mol. The SMILES string of the molecule is C[C@@H]1CN(c2cc(C(F)(F)F)cc(NN)n2)C[C@H](C)O1. The van der Waals surface area contributed by atoms with Gasteiger partial charge < -0.3 is 15.1 Å². The monoisotopic (exact) mass is 290 g/mol. The third-order valence-corrected chi connectivity index (χ3v) is 3.03. The molecule has 0 radical (unpaired) electrons. The number of nitrogens with zero attached hydrogens (tertiary/aromatic N) is 2. The number of hydrazine groups is 1. The van der Waals surface area contributed by atoms with Crippen molar-refractivity contribution in [1.29, 1.82) is 0 Å². The van der Waals surface area contributed by atoms with Crippen molar-refractivity contribution in [3.63, 3.8) is 0 Å². The molecule has 3 N–H and O–H groups in total. The molecule has 2 atom stereocenters. The van der Waals surface area contributed by atoms with Gasteiger partial charge in [-0.2, -0.15) is 13.2 Å². The van der Waals surface area contributed by atoms with E-state index in [9.17, 15) is 13.2 Å². The van der Waals surface area contributed by atoms with Crippen LogP contribution in [0.25, 0.3) is 0 Å². The summed E-state index contributed by atoms with van der Waals surface area (Å²) < 4.78 is 44.2. The van der Waals surface area contributed by atoms with Crippen LogP contribution in [-0.4, -0.2) is 30.3 Å². The highest BCUT2D eigenvalue weighted by Crippen LogP contribution is 2.33. The number of pyridine rings is 1. The Morgan fingerprint density at radius 1 is 1.30 bits per heavy atom. The number of morpholine rings is 1. The summed E-state index contributed by atoms with van der Waals surface area (Å²) in [5.74, 6) is 5.42. The zero-order valence-electron chi connectivity index (χ0n) is 11.2. The topological polar surface area (TPSA) is 63.4 Å². The van der Waals surface area contributed by atoms with Crippen LogP contribution in [0.15, 0.2) is 12.1 Å². The van der Waals surface area contributed by atoms with Crippen LogP contribution in [0.2, 0.25) is 0 Å². The van der Waals surface area contributed by atoms with Crippen LogP contribution in [0.1, 0.15) is 19.4 Å². The van der Waals surface area contributed by atoms with Gasteiger partial charge in [0.1, 0.15) is 11.6 Å². The van der Waals surface area contributed by atoms with Gasteiger partial charge in [-0.1, -0.05) is 0 Å². The highest BCUT2D eigenvalue weighted by Gasteiger charge is 2.33. The van der Waals surface area contributed by atoms with Crippen LogP contribution in [-0.2, 0) is 10.9 Å². The fourth-order valence-corrected chi connectivity index (χ4v) is 2.28. The summed E-state index contributed by atoms with van der Waals surface area (Å²) in [5.41, 5.74) is 1.40. The van der Waals surface area contributed by atoms with Crippen LogP contribution in [0, 0.1) is 0 Å². The molecule has 0 saturated carbocycles. The van der Waals surface area contributed by atoms with Crippen molar-refractivity contribution in [3.8, 4) is 0 Å². The molecule has 5 nitrogen and oxygen atoms in total. The van der Waals surface area contributed by atoms with Gasteiger partial charge in [-0.25, -0.2) is 10.8 Å². The lowest BCUT2D eigenvalue weighted by Crippen LogP contribution is -2.46. The van der Waals surface area contributed by atoms with Gasteiger partial charge in [-0.05, 0) is 26.0 Å². The Kier molecular flexibility index (Phi) is 4.05. The number of nitrogens with one attached hydrogen (secondary N) is 1. The van der Waals surface area contributed by atoms with Crippen molar-refractivity contribution in [2.24, 2.45) is 5.84 Å². The van der Waals surface area contributed by atoms with Crippen LogP contribution in [0.4, 0.5) is 24.8 Å². The molecular weight excluding hydrogens is 273 g/mol. The number of hydrogen-bond acceptors (Lipinski definition) is 5. The number of aromatic nitrogens is 1. The quantitative estimate of drug-likeness (QED) is 0.644. The first-order valence-electron chi connectivity index (χ1n) is 6.26. The van der Waals surface area contributed by atoms with Gasteiger partial charge in [-0.3, -0.25) is 0 Å². The number of nitrogen functional groups attached to an aromatic ring is 1. The molecule has 0 spiro atoms. The molecule has 0 amide bonds. The third-order valence-electron chi connectivity index (χ3n) is 3.03. The largest absolute Gasteiger partial charge is 0.416 e. The molecular formula is C12H17F3N4O. The Hall–Kier alpha value is -1.54. The normalized spacial score (nSPS) is 23.8. The molecule has 112 valence electrons. The molecule has 0 aliphatic carbocycles. The minimum atomic E-state index is -4.44. The molecule has 0 bridgehead atoms. The highest BCUT2D eigenvalue weighted by molar-refractivity contribution is 5.51. The maximum Gasteiger partial charge on any atom is 0.416 e. The Bertz CT molecular complexity index is 470. The predicted octanol–water partition coefficient (Wildman–Crippen LogP) is 2.00. The van der Waals surface area contributed by atoms with Gasteiger partial charge in [0, 0.05) is 13.1 Å². The predicted molar refractivity (Wildman–Crippen MR) is 69.3 cm³/mol. The maximum atomic E-state index is 12.9. The summed E-state index contributed by atoms with van der Waals surface area (Å²) in [6.07, 6.45) is -4.57. The molecule has 0 aromatic carbocycles. The average Bonchev–Trinajstić information content (AvgIpc) is 2.36. The van der Waals surface area contributed by atoms with E-state index in [4.69, 9.17) is 10.6 Å². The smallest absolute Gasteiger partial charge is 0.372 e. The molecule has 2 heterocycles. The second-order valence-corrected chi connectivity index (χ2v) is 4.90. The van der Waals surface area contributed by atoms with Gasteiger partial charge in [0.05, 0.1) is 17.8 Å². The summed E-state index contributed by atoms with van der Waals surface area (Å²) in [6, 6.07) is 1.92. The van der Waals surface area contributed by atoms with Crippen molar-refractivity contribution in [2.75, 3.05) is 23.4 Å². The van der Waals surface area contributed by atoms with E-state index < -0.39 is 11.7 Å². The zero-order chi connectivity index (χ0) is 14.9. The van der Waals surface area contributed by atoms with Crippen LogP contribution < -0.4 is 16.2 Å². The second kappa shape index (κ2) is 5.45. The van der Waals surface area contributed by atoms with E-state index in [2.05, 4.69) is 10.4 Å². The first-order chi connectivity index (χ1) is 9.29. The van der Waals surface area contributed by atoms with Crippen molar-refractivity contribution in [2.45, 2.75) is 32.2 Å². The van der Waals surface area contributed by atoms with Crippen molar-refractivity contribution in [1.82, 2.24) is 4.98 Å². The van der Waals surface area contributed by atoms with Gasteiger partial charge in [0.25, 0.3) is 0 Å². The van der Waals surface area contributed by atoms with Gasteiger partial charge in [-0.15, -0.1) is 0 Å². The lowest BCUT2D eigenvalue weighted by molar-refractivity contribution is -0.137. The molecule has 1 aromatic rings. The van der Waals surface area contributed by atoms with Gasteiger partial charge in [0.15, 0.2) is 0 Å². The van der Waals surface area contributed by atoms with Gasteiger partial charge >= 0.3 is 6.18 Å². The summed E-state index contributed by atoms with van der Waals surface area (Å²) in [4.78, 5) is 5.86. The summed E-state index contributed by atoms with van der Waals surface area (Å²) in [7, 11) is 0. The number of ether oxygens (including phenoxy) is 1. The minimum Gasteiger partial charge on any atom is -0.372 e. The molecule has 1 aromatic heterocycles. The van der Waals surface area contributed by atoms with E-state index >= 15 is 0 Å². The molecule has 20 heavy (non-hydrogen) atoms. The van der Waals surface area contributed by atoms with E-state index in [-0.39, 0.29) is 23.8 Å². The molecule has 1 aliphatic rings. The van der Waals surface area contributed by atoms with Crippen LogP contribution >= 0.6 is 0 Å². The Labute approximate surface area is 114 Å². The van der Waals surface area contributed by atoms with E-state index in [1.807, 2.05) is 13.8 Å². The Balaban J connectivity index is 2.35. The third kappa shape index (κ3) is 3.31. The summed E-state index contributed by atoms with van der Waals surface area (Å²) in [6.45, 7) is 4.72. The first-order valence-corrected chi connectivity index (χ1v) is 6.26. The number of rotatable bonds is 2. The first kappa shape index (κ1) is 14.9. The van der Waals surface area contributed by atoms with Crippen LogP contribution in [0.5, 0.6) is 0 Å². The minimum absolute atomic E-state index is 0.0124. The number of alkyl halides is 3. The standard InChI is InChI=1S/C12H17F3N4O/c1-7-5-19(6-8(2)20-7)11-4-9(12(13,14)15)3-10(17-11)18-16/h3-4,7-8H,5-6,16H2,1-2H3,(H,17,18)/t7-,8+. The van der Waals surface area contributed by atoms with Crippen molar-refractivity contribution in [3.05, 3.63) is 17.7 Å². The molecule has 1 aliphatic heterocycles. The number of halogens is 3. The molecule has 1 fully saturated rings.